The predicted octanol–water partition coefficient (Wildman–Crippen LogP) is 0.207. The third-order valence-corrected chi connectivity index (χ3v) is 2.20. The Kier molecular flexibility index (Phi) is 3.70. The molecule has 0 amide bonds. The van der Waals surface area contributed by atoms with E-state index in [4.69, 9.17) is 0 Å². The van der Waals surface area contributed by atoms with Crippen molar-refractivity contribution in [2.45, 2.75) is 11.6 Å². The van der Waals surface area contributed by atoms with Gasteiger partial charge in [-0.3, -0.25) is 9.59 Å². The van der Waals surface area contributed by atoms with Gasteiger partial charge in [0.2, 0.25) is 0 Å². The number of hydrogen-bond acceptors (Lipinski definition) is 5. The minimum Gasteiger partial charge on any atom is -0.469 e. The van der Waals surface area contributed by atoms with Crippen LogP contribution in [0.1, 0.15) is 5.56 Å². The van der Waals surface area contributed by atoms with Gasteiger partial charge < -0.3 is 9.72 Å². The second-order valence-corrected chi connectivity index (χ2v) is 3.29. The Morgan fingerprint density at radius 1 is 1.71 bits per heavy atom. The smallest absolute Gasteiger partial charge is 0.310 e. The summed E-state index contributed by atoms with van der Waals surface area (Å²) in [4.78, 5) is 28.7. The lowest BCUT2D eigenvalue weighted by molar-refractivity contribution is -0.139. The van der Waals surface area contributed by atoms with E-state index in [2.05, 4.69) is 14.7 Å². The van der Waals surface area contributed by atoms with Crippen LogP contribution in [0.2, 0.25) is 0 Å². The molecule has 1 aromatic rings. The first-order valence-electron chi connectivity index (χ1n) is 3.86. The van der Waals surface area contributed by atoms with Gasteiger partial charge in [0, 0.05) is 11.8 Å². The Morgan fingerprint density at radius 2 is 2.43 bits per heavy atom. The molecule has 0 saturated heterocycles. The summed E-state index contributed by atoms with van der Waals surface area (Å²) in [5.41, 5.74) is 0.0180. The number of aromatic amines is 1. The van der Waals surface area contributed by atoms with Crippen molar-refractivity contribution in [3.05, 3.63) is 22.1 Å². The molecular weight excluding hydrogens is 204 g/mol. The van der Waals surface area contributed by atoms with Gasteiger partial charge in [-0.15, -0.1) is 0 Å². The number of aromatic nitrogens is 2. The normalized spacial score (nSPS) is 9.86. The average molecular weight is 214 g/mol. The molecule has 1 N–H and O–H groups in total. The van der Waals surface area contributed by atoms with Crippen molar-refractivity contribution >= 4 is 17.7 Å². The third-order valence-electron chi connectivity index (χ3n) is 1.61. The van der Waals surface area contributed by atoms with Gasteiger partial charge in [0.15, 0.2) is 5.16 Å². The summed E-state index contributed by atoms with van der Waals surface area (Å²) in [7, 11) is 1.28. The van der Waals surface area contributed by atoms with Gasteiger partial charge in [0.05, 0.1) is 13.5 Å². The maximum absolute atomic E-state index is 11.3. The lowest BCUT2D eigenvalue weighted by Gasteiger charge is -1.99. The Balaban J connectivity index is 2.89. The molecule has 0 aliphatic carbocycles. The molecule has 0 saturated carbocycles. The summed E-state index contributed by atoms with van der Waals surface area (Å²) in [6.45, 7) is 0. The third kappa shape index (κ3) is 2.59. The van der Waals surface area contributed by atoms with E-state index in [-0.39, 0.29) is 12.0 Å². The minimum absolute atomic E-state index is 0.0481. The van der Waals surface area contributed by atoms with Crippen molar-refractivity contribution < 1.29 is 9.53 Å². The van der Waals surface area contributed by atoms with E-state index in [1.807, 2.05) is 0 Å². The monoisotopic (exact) mass is 214 g/mol. The summed E-state index contributed by atoms with van der Waals surface area (Å²) in [5, 5.41) is 0.531. The molecular formula is C8H10N2O3S. The van der Waals surface area contributed by atoms with E-state index in [0.717, 1.165) is 0 Å². The number of nitrogens with one attached hydrogen (secondary N) is 1. The number of rotatable bonds is 3. The number of carbonyl (C=O) groups is 1. The Bertz CT molecular complexity index is 388. The zero-order valence-electron chi connectivity index (χ0n) is 7.86. The van der Waals surface area contributed by atoms with Gasteiger partial charge in [-0.05, 0) is 6.26 Å². The number of ether oxygens (including phenoxy) is 1. The number of esters is 1. The molecule has 1 rings (SSSR count). The van der Waals surface area contributed by atoms with Crippen molar-refractivity contribution in [3.63, 3.8) is 0 Å². The van der Waals surface area contributed by atoms with Crippen LogP contribution in [0.4, 0.5) is 0 Å². The van der Waals surface area contributed by atoms with Gasteiger partial charge in [-0.1, -0.05) is 11.8 Å². The van der Waals surface area contributed by atoms with Crippen LogP contribution in [-0.2, 0) is 16.0 Å². The van der Waals surface area contributed by atoms with E-state index in [0.29, 0.717) is 10.7 Å². The predicted molar refractivity (Wildman–Crippen MR) is 52.4 cm³/mol. The van der Waals surface area contributed by atoms with Gasteiger partial charge in [0.1, 0.15) is 0 Å². The van der Waals surface area contributed by atoms with Crippen molar-refractivity contribution in [3.8, 4) is 0 Å². The molecule has 0 radical (unpaired) electrons. The molecule has 0 bridgehead atoms. The van der Waals surface area contributed by atoms with Crippen molar-refractivity contribution in [2.75, 3.05) is 13.4 Å². The summed E-state index contributed by atoms with van der Waals surface area (Å²) in [6, 6.07) is 0. The second-order valence-electron chi connectivity index (χ2n) is 2.50. The SMILES string of the molecule is COC(=O)Cc1cnc(SC)[nH]c1=O. The van der Waals surface area contributed by atoms with E-state index in [1.165, 1.54) is 25.1 Å². The molecule has 0 spiro atoms. The number of hydrogen-bond donors (Lipinski definition) is 1. The quantitative estimate of drug-likeness (QED) is 0.442. The zero-order chi connectivity index (χ0) is 10.6. The van der Waals surface area contributed by atoms with Crippen LogP contribution in [0.3, 0.4) is 0 Å². The number of nitrogens with zero attached hydrogens (tertiary/aromatic N) is 1. The van der Waals surface area contributed by atoms with E-state index in [9.17, 15) is 9.59 Å². The number of thioether (sulfide) groups is 1. The Labute approximate surface area is 84.9 Å². The van der Waals surface area contributed by atoms with Crippen LogP contribution in [0.25, 0.3) is 0 Å². The van der Waals surface area contributed by atoms with Crippen molar-refractivity contribution in [1.29, 1.82) is 0 Å². The van der Waals surface area contributed by atoms with Crippen molar-refractivity contribution in [1.82, 2.24) is 9.97 Å². The summed E-state index contributed by atoms with van der Waals surface area (Å²) in [6.07, 6.45) is 3.15. The molecule has 0 aliphatic rings. The lowest BCUT2D eigenvalue weighted by Crippen LogP contribution is -2.18. The molecule has 76 valence electrons. The Morgan fingerprint density at radius 3 is 2.93 bits per heavy atom. The maximum atomic E-state index is 11.3. The van der Waals surface area contributed by atoms with Crippen LogP contribution in [0.15, 0.2) is 16.1 Å². The highest BCUT2D eigenvalue weighted by molar-refractivity contribution is 7.98. The molecule has 0 aliphatic heterocycles. The topological polar surface area (TPSA) is 72.0 Å². The number of carbonyl (C=O) groups excluding carboxylic acids is 1. The molecule has 0 aromatic carbocycles. The summed E-state index contributed by atoms with van der Waals surface area (Å²) >= 11 is 1.33. The molecule has 6 heteroatoms. The molecule has 14 heavy (non-hydrogen) atoms. The fraction of sp³-hybridized carbons (Fsp3) is 0.375. The highest BCUT2D eigenvalue weighted by atomic mass is 32.2. The summed E-state index contributed by atoms with van der Waals surface area (Å²) in [5.74, 6) is -0.450. The van der Waals surface area contributed by atoms with Gasteiger partial charge in [0.25, 0.3) is 5.56 Å². The Hall–Kier alpha value is -1.30. The van der Waals surface area contributed by atoms with Crippen LogP contribution in [-0.4, -0.2) is 29.3 Å². The summed E-state index contributed by atoms with van der Waals surface area (Å²) < 4.78 is 4.44. The standard InChI is InChI=1S/C8H10N2O3S/c1-13-6(11)3-5-4-9-8(14-2)10-7(5)12/h4H,3H2,1-2H3,(H,9,10,12). The van der Waals surface area contributed by atoms with Crippen LogP contribution in [0, 0.1) is 0 Å². The first kappa shape index (κ1) is 10.8. The van der Waals surface area contributed by atoms with E-state index < -0.39 is 5.97 Å². The first-order valence-corrected chi connectivity index (χ1v) is 5.09. The molecule has 1 heterocycles. The molecule has 0 unspecified atom stereocenters. The highest BCUT2D eigenvalue weighted by Gasteiger charge is 2.07. The molecule has 1 aromatic heterocycles. The average Bonchev–Trinajstić information content (AvgIpc) is 2.20. The van der Waals surface area contributed by atoms with E-state index >= 15 is 0 Å². The van der Waals surface area contributed by atoms with Gasteiger partial charge in [-0.25, -0.2) is 4.98 Å². The second kappa shape index (κ2) is 4.80. The lowest BCUT2D eigenvalue weighted by atomic mass is 10.2. The maximum Gasteiger partial charge on any atom is 0.310 e. The van der Waals surface area contributed by atoms with Crippen LogP contribution in [0.5, 0.6) is 0 Å². The highest BCUT2D eigenvalue weighted by Crippen LogP contribution is 2.04. The molecule has 0 fully saturated rings. The van der Waals surface area contributed by atoms with Gasteiger partial charge in [-0.2, -0.15) is 0 Å². The number of methoxy groups -OCH3 is 1. The molecule has 5 nitrogen and oxygen atoms in total. The zero-order valence-corrected chi connectivity index (χ0v) is 8.68. The largest absolute Gasteiger partial charge is 0.469 e. The van der Waals surface area contributed by atoms with E-state index in [1.54, 1.807) is 6.26 Å². The van der Waals surface area contributed by atoms with Crippen LogP contribution < -0.4 is 5.56 Å². The number of H-pyrrole nitrogens is 1. The van der Waals surface area contributed by atoms with Crippen LogP contribution >= 0.6 is 11.8 Å². The molecule has 0 atom stereocenters. The minimum atomic E-state index is -0.450. The van der Waals surface area contributed by atoms with Crippen molar-refractivity contribution in [2.24, 2.45) is 0 Å². The fourth-order valence-electron chi connectivity index (χ4n) is 0.862. The fourth-order valence-corrected chi connectivity index (χ4v) is 1.22. The van der Waals surface area contributed by atoms with Gasteiger partial charge >= 0.3 is 5.97 Å². The first-order chi connectivity index (χ1) is 6.67.